The molecule has 0 N–H and O–H groups in total. The van der Waals surface area contributed by atoms with Crippen LogP contribution in [-0.2, 0) is 0 Å². The minimum Gasteiger partial charge on any atom is -0.344 e. The number of rotatable bonds is 2. The van der Waals surface area contributed by atoms with E-state index in [-0.39, 0.29) is 5.78 Å². The van der Waals surface area contributed by atoms with Crippen molar-refractivity contribution < 1.29 is 4.79 Å². The Hall–Kier alpha value is -1.83. The van der Waals surface area contributed by atoms with Gasteiger partial charge in [0.25, 0.3) is 0 Å². The van der Waals surface area contributed by atoms with E-state index in [4.69, 9.17) is 0 Å². The van der Waals surface area contributed by atoms with Crippen molar-refractivity contribution in [1.82, 2.24) is 0 Å². The molecule has 0 fully saturated rings. The average molecular weight is 199 g/mol. The molecule has 0 saturated carbocycles. The molecule has 0 atom stereocenters. The van der Waals surface area contributed by atoms with Crippen LogP contribution in [0.15, 0.2) is 48.7 Å². The highest BCUT2D eigenvalue weighted by molar-refractivity contribution is 5.99. The zero-order chi connectivity index (χ0) is 10.7. The second-order valence-electron chi connectivity index (χ2n) is 3.50. The highest BCUT2D eigenvalue weighted by Crippen LogP contribution is 2.22. The Morgan fingerprint density at radius 2 is 2.07 bits per heavy atom. The number of para-hydroxylation sites is 1. The van der Waals surface area contributed by atoms with Gasteiger partial charge < -0.3 is 4.90 Å². The highest BCUT2D eigenvalue weighted by atomic mass is 16.1. The van der Waals surface area contributed by atoms with Gasteiger partial charge in [0.2, 0.25) is 0 Å². The van der Waals surface area contributed by atoms with Crippen LogP contribution in [0.25, 0.3) is 0 Å². The maximum absolute atomic E-state index is 11.4. The zero-order valence-electron chi connectivity index (χ0n) is 8.68. The van der Waals surface area contributed by atoms with Gasteiger partial charge in [0.05, 0.1) is 5.69 Å². The first-order chi connectivity index (χ1) is 7.29. The van der Waals surface area contributed by atoms with Crippen LogP contribution in [0.5, 0.6) is 0 Å². The summed E-state index contributed by atoms with van der Waals surface area (Å²) in [4.78, 5) is 13.5. The molecule has 1 aromatic carbocycles. The van der Waals surface area contributed by atoms with Crippen LogP contribution in [0.4, 0.5) is 5.69 Å². The first kappa shape index (κ1) is 9.71. The Morgan fingerprint density at radius 3 is 2.73 bits per heavy atom. The molecule has 1 aliphatic heterocycles. The molecule has 2 heteroatoms. The molecular weight excluding hydrogens is 186 g/mol. The van der Waals surface area contributed by atoms with E-state index in [1.807, 2.05) is 42.6 Å². The van der Waals surface area contributed by atoms with Crippen LogP contribution in [0.2, 0.25) is 0 Å². The molecule has 2 rings (SSSR count). The number of benzene rings is 1. The predicted octanol–water partition coefficient (Wildman–Crippen LogP) is 2.78. The van der Waals surface area contributed by atoms with Crippen molar-refractivity contribution in [3.63, 3.8) is 0 Å². The summed E-state index contributed by atoms with van der Waals surface area (Å²) in [6.07, 6.45) is 8.03. The first-order valence-electron chi connectivity index (χ1n) is 4.99. The number of allylic oxidation sites excluding steroid dienone is 2. The summed E-state index contributed by atoms with van der Waals surface area (Å²) < 4.78 is 0. The van der Waals surface area contributed by atoms with Gasteiger partial charge >= 0.3 is 0 Å². The van der Waals surface area contributed by atoms with E-state index >= 15 is 0 Å². The van der Waals surface area contributed by atoms with Crippen LogP contribution in [0.3, 0.4) is 0 Å². The van der Waals surface area contributed by atoms with Crippen LogP contribution in [0, 0.1) is 0 Å². The quantitative estimate of drug-likeness (QED) is 0.682. The summed E-state index contributed by atoms with van der Waals surface area (Å²) in [5.74, 6) is 0.105. The zero-order valence-corrected chi connectivity index (χ0v) is 8.68. The Morgan fingerprint density at radius 1 is 1.27 bits per heavy atom. The summed E-state index contributed by atoms with van der Waals surface area (Å²) in [6, 6.07) is 7.68. The molecule has 15 heavy (non-hydrogen) atoms. The average Bonchev–Trinajstić information content (AvgIpc) is 2.30. The lowest BCUT2D eigenvalue weighted by atomic mass is 10.1. The largest absolute Gasteiger partial charge is 0.344 e. The number of anilines is 1. The van der Waals surface area contributed by atoms with Crippen molar-refractivity contribution in [3.05, 3.63) is 54.3 Å². The van der Waals surface area contributed by atoms with E-state index < -0.39 is 0 Å². The third kappa shape index (κ3) is 1.99. The predicted molar refractivity (Wildman–Crippen MR) is 62.1 cm³/mol. The Labute approximate surface area is 89.5 Å². The van der Waals surface area contributed by atoms with Gasteiger partial charge in [0, 0.05) is 18.3 Å². The number of hydrogen-bond donors (Lipinski definition) is 0. The highest BCUT2D eigenvalue weighted by Gasteiger charge is 2.11. The van der Waals surface area contributed by atoms with Gasteiger partial charge in [-0.15, -0.1) is 0 Å². The van der Waals surface area contributed by atoms with E-state index in [2.05, 4.69) is 11.0 Å². The standard InChI is InChI=1S/C13H13NO/c1-11(15)12-7-3-4-8-13(12)14-9-5-2-6-10-14/h2-9H,10H2,1H3. The van der Waals surface area contributed by atoms with Gasteiger partial charge in [0.1, 0.15) is 0 Å². The van der Waals surface area contributed by atoms with Gasteiger partial charge in [0.15, 0.2) is 5.78 Å². The molecule has 0 radical (unpaired) electrons. The number of hydrogen-bond acceptors (Lipinski definition) is 2. The normalized spacial score (nSPS) is 14.3. The summed E-state index contributed by atoms with van der Waals surface area (Å²) in [6.45, 7) is 2.42. The van der Waals surface area contributed by atoms with Gasteiger partial charge in [-0.1, -0.05) is 24.3 Å². The summed E-state index contributed by atoms with van der Waals surface area (Å²) in [5.41, 5.74) is 1.75. The molecule has 0 spiro atoms. The van der Waals surface area contributed by atoms with Gasteiger partial charge in [-0.25, -0.2) is 0 Å². The molecule has 0 amide bonds. The third-order valence-electron chi connectivity index (χ3n) is 2.41. The fourth-order valence-corrected chi connectivity index (χ4v) is 1.67. The van der Waals surface area contributed by atoms with Crippen LogP contribution in [-0.4, -0.2) is 12.3 Å². The molecular formula is C13H13NO. The minimum atomic E-state index is 0.105. The fraction of sp³-hybridized carbons (Fsp3) is 0.154. The van der Waals surface area contributed by atoms with Crippen LogP contribution in [0.1, 0.15) is 17.3 Å². The number of carbonyl (C=O) groups is 1. The number of ketones is 1. The smallest absolute Gasteiger partial charge is 0.161 e. The van der Waals surface area contributed by atoms with E-state index in [0.717, 1.165) is 17.8 Å². The first-order valence-corrected chi connectivity index (χ1v) is 4.99. The van der Waals surface area contributed by atoms with Crippen LogP contribution < -0.4 is 4.90 Å². The molecule has 1 aromatic rings. The summed E-state index contributed by atoms with van der Waals surface area (Å²) in [5, 5.41) is 0. The lowest BCUT2D eigenvalue weighted by molar-refractivity contribution is 0.101. The number of nitrogens with zero attached hydrogens (tertiary/aromatic N) is 1. The maximum Gasteiger partial charge on any atom is 0.161 e. The topological polar surface area (TPSA) is 20.3 Å². The van der Waals surface area contributed by atoms with E-state index in [1.165, 1.54) is 0 Å². The van der Waals surface area contributed by atoms with Crippen molar-refractivity contribution in [2.45, 2.75) is 6.92 Å². The summed E-state index contributed by atoms with van der Waals surface area (Å²) >= 11 is 0. The Balaban J connectivity index is 2.39. The molecule has 1 heterocycles. The van der Waals surface area contributed by atoms with Gasteiger partial charge in [-0.05, 0) is 25.1 Å². The maximum atomic E-state index is 11.4. The second kappa shape index (κ2) is 4.13. The molecule has 0 unspecified atom stereocenters. The lowest BCUT2D eigenvalue weighted by Crippen LogP contribution is -2.19. The fourth-order valence-electron chi connectivity index (χ4n) is 1.67. The molecule has 76 valence electrons. The van der Waals surface area contributed by atoms with E-state index in [0.29, 0.717) is 0 Å². The molecule has 2 nitrogen and oxygen atoms in total. The van der Waals surface area contributed by atoms with E-state index in [1.54, 1.807) is 6.92 Å². The second-order valence-corrected chi connectivity index (χ2v) is 3.50. The monoisotopic (exact) mass is 199 g/mol. The lowest BCUT2D eigenvalue weighted by Gasteiger charge is -2.22. The molecule has 1 aliphatic rings. The van der Waals surface area contributed by atoms with Crippen molar-refractivity contribution in [1.29, 1.82) is 0 Å². The van der Waals surface area contributed by atoms with Crippen molar-refractivity contribution >= 4 is 11.5 Å². The van der Waals surface area contributed by atoms with E-state index in [9.17, 15) is 4.79 Å². The Kier molecular flexibility index (Phi) is 2.68. The Bertz CT molecular complexity index is 432. The third-order valence-corrected chi connectivity index (χ3v) is 2.41. The van der Waals surface area contributed by atoms with Crippen LogP contribution >= 0.6 is 0 Å². The SMILES string of the molecule is CC(=O)c1ccccc1N1C=CC=CC1. The van der Waals surface area contributed by atoms with Crippen molar-refractivity contribution in [3.8, 4) is 0 Å². The van der Waals surface area contributed by atoms with Crippen molar-refractivity contribution in [2.24, 2.45) is 0 Å². The summed E-state index contributed by atoms with van der Waals surface area (Å²) in [7, 11) is 0. The minimum absolute atomic E-state index is 0.105. The number of carbonyl (C=O) groups excluding carboxylic acids is 1. The molecule has 0 saturated heterocycles. The van der Waals surface area contributed by atoms with Gasteiger partial charge in [-0.2, -0.15) is 0 Å². The van der Waals surface area contributed by atoms with Gasteiger partial charge in [-0.3, -0.25) is 4.79 Å². The molecule has 0 aromatic heterocycles. The molecule has 0 aliphatic carbocycles. The van der Waals surface area contributed by atoms with Crippen molar-refractivity contribution in [2.75, 3.05) is 11.4 Å². The number of Topliss-reactive ketones (excluding diaryl/α,β-unsaturated/α-hetero) is 1. The molecule has 0 bridgehead atoms.